The average Bonchev–Trinajstić information content (AvgIpc) is 2.76. The topological polar surface area (TPSA) is 62.5 Å². The van der Waals surface area contributed by atoms with Gasteiger partial charge in [0.05, 0.1) is 19.2 Å². The molecule has 0 aliphatic heterocycles. The van der Waals surface area contributed by atoms with E-state index in [9.17, 15) is 23.1 Å². The Labute approximate surface area is 102 Å². The second-order valence-corrected chi connectivity index (χ2v) is 4.14. The Kier molecular flexibility index (Phi) is 4.39. The molecule has 0 radical (unpaired) electrons. The molecule has 1 unspecified atom stereocenters. The molecule has 18 heavy (non-hydrogen) atoms. The first-order valence-corrected chi connectivity index (χ1v) is 5.30. The third-order valence-electron chi connectivity index (χ3n) is 2.32. The quantitative estimate of drug-likeness (QED) is 0.855. The molecule has 0 aliphatic carbocycles. The summed E-state index contributed by atoms with van der Waals surface area (Å²) in [7, 11) is 0. The van der Waals surface area contributed by atoms with Crippen LogP contribution in [0.5, 0.6) is 0 Å². The number of carbonyl (C=O) groups is 1. The number of furan rings is 1. The van der Waals surface area contributed by atoms with Crippen LogP contribution in [0.4, 0.5) is 13.2 Å². The van der Waals surface area contributed by atoms with E-state index in [1.807, 2.05) is 0 Å². The molecule has 4 nitrogen and oxygen atoms in total. The van der Waals surface area contributed by atoms with E-state index in [-0.39, 0.29) is 12.3 Å². The second-order valence-electron chi connectivity index (χ2n) is 4.14. The summed E-state index contributed by atoms with van der Waals surface area (Å²) in [6.07, 6.45) is -4.84. The molecule has 102 valence electrons. The van der Waals surface area contributed by atoms with Gasteiger partial charge in [0.2, 0.25) is 5.91 Å². The summed E-state index contributed by atoms with van der Waals surface area (Å²) in [5.74, 6) is -0.530. The van der Waals surface area contributed by atoms with Gasteiger partial charge in [-0.1, -0.05) is 0 Å². The number of nitrogens with one attached hydrogen (secondary N) is 1. The number of rotatable bonds is 5. The molecular weight excluding hydrogens is 251 g/mol. The van der Waals surface area contributed by atoms with Crippen molar-refractivity contribution in [2.75, 3.05) is 6.54 Å². The molecule has 1 aromatic rings. The van der Waals surface area contributed by atoms with Crippen LogP contribution >= 0.6 is 0 Å². The van der Waals surface area contributed by atoms with E-state index in [2.05, 4.69) is 5.32 Å². The van der Waals surface area contributed by atoms with Gasteiger partial charge in [-0.3, -0.25) is 4.79 Å². The Bertz CT molecular complexity index is 385. The maximum Gasteiger partial charge on any atom is 0.389 e. The molecule has 0 fully saturated rings. The first kappa shape index (κ1) is 14.6. The zero-order chi connectivity index (χ0) is 13.8. The largest absolute Gasteiger partial charge is 0.466 e. The van der Waals surface area contributed by atoms with Gasteiger partial charge in [-0.05, 0) is 19.1 Å². The third-order valence-corrected chi connectivity index (χ3v) is 2.32. The predicted molar refractivity (Wildman–Crippen MR) is 56.6 cm³/mol. The third kappa shape index (κ3) is 4.79. The number of aliphatic hydroxyl groups is 1. The minimum atomic E-state index is -4.36. The van der Waals surface area contributed by atoms with Gasteiger partial charge in [0.25, 0.3) is 0 Å². The van der Waals surface area contributed by atoms with Gasteiger partial charge in [0, 0.05) is 6.42 Å². The molecular formula is C11H14F3NO3. The van der Waals surface area contributed by atoms with E-state index in [0.717, 1.165) is 0 Å². The van der Waals surface area contributed by atoms with Gasteiger partial charge >= 0.3 is 6.18 Å². The number of hydrogen-bond acceptors (Lipinski definition) is 3. The zero-order valence-corrected chi connectivity index (χ0v) is 9.75. The Hall–Kier alpha value is -1.50. The van der Waals surface area contributed by atoms with Gasteiger partial charge < -0.3 is 14.8 Å². The highest BCUT2D eigenvalue weighted by Gasteiger charge is 2.30. The van der Waals surface area contributed by atoms with Gasteiger partial charge in [0.1, 0.15) is 11.4 Å². The molecule has 0 bridgehead atoms. The number of amides is 1. The van der Waals surface area contributed by atoms with Crippen molar-refractivity contribution in [2.24, 2.45) is 0 Å². The SMILES string of the molecule is CC(O)(CNC(=O)CCC(F)(F)F)c1ccco1. The lowest BCUT2D eigenvalue weighted by Crippen LogP contribution is -2.38. The predicted octanol–water partition coefficient (Wildman–Crippen LogP) is 1.95. The number of hydrogen-bond donors (Lipinski definition) is 2. The highest BCUT2D eigenvalue weighted by atomic mass is 19.4. The molecule has 7 heteroatoms. The molecule has 0 aromatic carbocycles. The summed E-state index contributed by atoms with van der Waals surface area (Å²) < 4.78 is 40.6. The normalized spacial score (nSPS) is 15.2. The Morgan fingerprint density at radius 3 is 2.67 bits per heavy atom. The zero-order valence-electron chi connectivity index (χ0n) is 9.75. The van der Waals surface area contributed by atoms with Crippen molar-refractivity contribution >= 4 is 5.91 Å². The number of alkyl halides is 3. The van der Waals surface area contributed by atoms with Gasteiger partial charge in [-0.2, -0.15) is 13.2 Å². The van der Waals surface area contributed by atoms with Crippen molar-refractivity contribution in [3.05, 3.63) is 24.2 Å². The van der Waals surface area contributed by atoms with E-state index < -0.39 is 30.5 Å². The number of halogens is 3. The molecule has 2 N–H and O–H groups in total. The first-order valence-electron chi connectivity index (χ1n) is 5.30. The van der Waals surface area contributed by atoms with Crippen molar-refractivity contribution < 1.29 is 27.5 Å². The molecule has 1 aromatic heterocycles. The lowest BCUT2D eigenvalue weighted by atomic mass is 10.0. The summed E-state index contributed by atoms with van der Waals surface area (Å²) >= 11 is 0. The first-order chi connectivity index (χ1) is 8.21. The maximum atomic E-state index is 11.9. The van der Waals surface area contributed by atoms with Gasteiger partial charge in [-0.25, -0.2) is 0 Å². The average molecular weight is 265 g/mol. The minimum Gasteiger partial charge on any atom is -0.466 e. The Balaban J connectivity index is 2.39. The van der Waals surface area contributed by atoms with Gasteiger partial charge in [-0.15, -0.1) is 0 Å². The fourth-order valence-corrected chi connectivity index (χ4v) is 1.29. The maximum absolute atomic E-state index is 11.9. The summed E-state index contributed by atoms with van der Waals surface area (Å²) in [5, 5.41) is 12.2. The van der Waals surface area contributed by atoms with E-state index in [4.69, 9.17) is 4.42 Å². The summed E-state index contributed by atoms with van der Waals surface area (Å²) in [4.78, 5) is 11.2. The van der Waals surface area contributed by atoms with Crippen LogP contribution in [0.25, 0.3) is 0 Å². The summed E-state index contributed by atoms with van der Waals surface area (Å²) in [5.41, 5.74) is -1.45. The molecule has 0 saturated heterocycles. The van der Waals surface area contributed by atoms with Crippen LogP contribution in [-0.4, -0.2) is 23.7 Å². The molecule has 0 aliphatic rings. The van der Waals surface area contributed by atoms with Crippen LogP contribution < -0.4 is 5.32 Å². The van der Waals surface area contributed by atoms with E-state index in [1.165, 1.54) is 19.3 Å². The fraction of sp³-hybridized carbons (Fsp3) is 0.545. The standard InChI is InChI=1S/C11H14F3NO3/c1-10(17,8-3-2-6-18-8)7-15-9(16)4-5-11(12,13)14/h2-3,6,17H,4-5,7H2,1H3,(H,15,16). The Morgan fingerprint density at radius 1 is 1.50 bits per heavy atom. The Morgan fingerprint density at radius 2 is 2.17 bits per heavy atom. The van der Waals surface area contributed by atoms with Crippen molar-refractivity contribution in [1.82, 2.24) is 5.32 Å². The lowest BCUT2D eigenvalue weighted by molar-refractivity contribution is -0.144. The number of carbonyl (C=O) groups excluding carboxylic acids is 1. The fourth-order valence-electron chi connectivity index (χ4n) is 1.29. The van der Waals surface area contributed by atoms with E-state index in [1.54, 1.807) is 6.07 Å². The van der Waals surface area contributed by atoms with Crippen molar-refractivity contribution in [2.45, 2.75) is 31.5 Å². The van der Waals surface area contributed by atoms with Crippen molar-refractivity contribution in [3.8, 4) is 0 Å². The molecule has 1 rings (SSSR count). The summed E-state index contributed by atoms with van der Waals surface area (Å²) in [6, 6.07) is 3.08. The van der Waals surface area contributed by atoms with Crippen molar-refractivity contribution in [3.63, 3.8) is 0 Å². The van der Waals surface area contributed by atoms with Crippen LogP contribution in [-0.2, 0) is 10.4 Å². The molecule has 0 saturated carbocycles. The van der Waals surface area contributed by atoms with Crippen molar-refractivity contribution in [1.29, 1.82) is 0 Å². The second kappa shape index (κ2) is 5.43. The molecule has 1 amide bonds. The van der Waals surface area contributed by atoms with Crippen LogP contribution in [0.15, 0.2) is 22.8 Å². The van der Waals surface area contributed by atoms with Gasteiger partial charge in [0.15, 0.2) is 0 Å². The van der Waals surface area contributed by atoms with Crippen LogP contribution in [0.1, 0.15) is 25.5 Å². The molecule has 0 spiro atoms. The van der Waals surface area contributed by atoms with Crippen LogP contribution in [0.3, 0.4) is 0 Å². The van der Waals surface area contributed by atoms with Crippen LogP contribution in [0, 0.1) is 0 Å². The van der Waals surface area contributed by atoms with E-state index in [0.29, 0.717) is 0 Å². The minimum absolute atomic E-state index is 0.211. The monoisotopic (exact) mass is 265 g/mol. The summed E-state index contributed by atoms with van der Waals surface area (Å²) in [6.45, 7) is 1.19. The highest BCUT2D eigenvalue weighted by molar-refractivity contribution is 5.75. The lowest BCUT2D eigenvalue weighted by Gasteiger charge is -2.21. The van der Waals surface area contributed by atoms with Crippen LogP contribution in [0.2, 0.25) is 0 Å². The molecule has 1 atom stereocenters. The smallest absolute Gasteiger partial charge is 0.389 e. The van der Waals surface area contributed by atoms with E-state index >= 15 is 0 Å². The highest BCUT2D eigenvalue weighted by Crippen LogP contribution is 2.22. The molecule has 1 heterocycles.